The van der Waals surface area contributed by atoms with E-state index in [4.69, 9.17) is 16.3 Å². The molecule has 1 aromatic heterocycles. The highest BCUT2D eigenvalue weighted by molar-refractivity contribution is 6.33. The minimum Gasteiger partial charge on any atom is -0.494 e. The van der Waals surface area contributed by atoms with E-state index in [9.17, 15) is 9.59 Å². The Kier molecular flexibility index (Phi) is 7.90. The van der Waals surface area contributed by atoms with E-state index in [1.165, 1.54) is 6.20 Å². The maximum absolute atomic E-state index is 12.5. The van der Waals surface area contributed by atoms with Gasteiger partial charge < -0.3 is 25.6 Å². The first-order valence-corrected chi connectivity index (χ1v) is 12.3. The molecule has 0 bridgehead atoms. The van der Waals surface area contributed by atoms with Crippen molar-refractivity contribution in [1.29, 1.82) is 0 Å². The van der Waals surface area contributed by atoms with Crippen molar-refractivity contribution in [3.8, 4) is 5.75 Å². The van der Waals surface area contributed by atoms with Crippen LogP contribution in [0.15, 0.2) is 42.6 Å². The van der Waals surface area contributed by atoms with Crippen LogP contribution >= 0.6 is 11.6 Å². The summed E-state index contributed by atoms with van der Waals surface area (Å²) in [6.45, 7) is 4.35. The molecule has 3 N–H and O–H groups in total. The van der Waals surface area contributed by atoms with Crippen LogP contribution in [-0.4, -0.2) is 35.4 Å². The summed E-state index contributed by atoms with van der Waals surface area (Å²) in [7, 11) is 1.61. The third-order valence-corrected chi connectivity index (χ3v) is 6.21. The summed E-state index contributed by atoms with van der Waals surface area (Å²) in [6, 6.07) is 11.1. The van der Waals surface area contributed by atoms with Crippen molar-refractivity contribution >= 4 is 57.9 Å². The lowest BCUT2D eigenvalue weighted by atomic mass is 10.0. The number of aromatic nitrogens is 2. The lowest BCUT2D eigenvalue weighted by molar-refractivity contribution is -0.118. The van der Waals surface area contributed by atoms with Gasteiger partial charge in [0.2, 0.25) is 17.8 Å². The van der Waals surface area contributed by atoms with E-state index in [0.717, 1.165) is 24.1 Å². The fraction of sp³-hybridized carbons (Fsp3) is 0.308. The van der Waals surface area contributed by atoms with Gasteiger partial charge in [-0.2, -0.15) is 4.98 Å². The van der Waals surface area contributed by atoms with Gasteiger partial charge >= 0.3 is 0 Å². The molecule has 0 aliphatic carbocycles. The Morgan fingerprint density at radius 1 is 1.08 bits per heavy atom. The Labute approximate surface area is 215 Å². The monoisotopic (exact) mass is 508 g/mol. The van der Waals surface area contributed by atoms with Crippen molar-refractivity contribution in [1.82, 2.24) is 9.97 Å². The molecular weight excluding hydrogens is 480 g/mol. The third kappa shape index (κ3) is 5.36. The molecule has 4 rings (SSSR count). The van der Waals surface area contributed by atoms with E-state index in [-0.39, 0.29) is 11.8 Å². The van der Waals surface area contributed by atoms with Gasteiger partial charge in [0.05, 0.1) is 36.1 Å². The second-order valence-corrected chi connectivity index (χ2v) is 8.63. The first-order chi connectivity index (χ1) is 17.4. The van der Waals surface area contributed by atoms with Crippen LogP contribution in [0.5, 0.6) is 5.75 Å². The predicted molar refractivity (Wildman–Crippen MR) is 143 cm³/mol. The molecule has 10 heteroatoms. The van der Waals surface area contributed by atoms with Crippen LogP contribution in [0.3, 0.4) is 0 Å². The van der Waals surface area contributed by atoms with Crippen molar-refractivity contribution in [3.63, 3.8) is 0 Å². The summed E-state index contributed by atoms with van der Waals surface area (Å²) in [5.74, 6) is 1.36. The Morgan fingerprint density at radius 2 is 1.86 bits per heavy atom. The number of halogens is 1. The maximum Gasteiger partial charge on any atom is 0.229 e. The van der Waals surface area contributed by atoms with E-state index in [1.54, 1.807) is 25.0 Å². The number of hydrogen-bond donors (Lipinski definition) is 3. The highest BCUT2D eigenvalue weighted by Gasteiger charge is 2.25. The largest absolute Gasteiger partial charge is 0.494 e. The fourth-order valence-electron chi connectivity index (χ4n) is 4.18. The molecule has 0 saturated heterocycles. The highest BCUT2D eigenvalue weighted by atomic mass is 35.5. The van der Waals surface area contributed by atoms with Gasteiger partial charge in [0.15, 0.2) is 5.82 Å². The van der Waals surface area contributed by atoms with Gasteiger partial charge in [-0.1, -0.05) is 30.7 Å². The van der Waals surface area contributed by atoms with E-state index in [1.807, 2.05) is 37.3 Å². The number of hydrogen-bond acceptors (Lipinski definition) is 7. The number of nitrogens with one attached hydrogen (secondary N) is 3. The number of anilines is 6. The molecule has 3 aromatic rings. The molecule has 2 amide bonds. The van der Waals surface area contributed by atoms with Crippen molar-refractivity contribution in [2.24, 2.45) is 0 Å². The van der Waals surface area contributed by atoms with Crippen LogP contribution in [0.4, 0.5) is 34.5 Å². The zero-order chi connectivity index (χ0) is 25.7. The topological polar surface area (TPSA) is 108 Å². The lowest BCUT2D eigenvalue weighted by Crippen LogP contribution is -2.29. The zero-order valence-corrected chi connectivity index (χ0v) is 21.3. The Morgan fingerprint density at radius 3 is 2.58 bits per heavy atom. The molecule has 0 fully saturated rings. The number of nitrogens with zero attached hydrogens (tertiary/aromatic N) is 3. The molecule has 0 saturated carbocycles. The minimum atomic E-state index is -0.0981. The summed E-state index contributed by atoms with van der Waals surface area (Å²) in [4.78, 5) is 35.1. The summed E-state index contributed by atoms with van der Waals surface area (Å²) in [5, 5.41) is 9.61. The number of rotatable bonds is 8. The fourth-order valence-corrected chi connectivity index (χ4v) is 4.32. The predicted octanol–water partition coefficient (Wildman–Crippen LogP) is 5.66. The molecule has 0 atom stereocenters. The van der Waals surface area contributed by atoms with Crippen molar-refractivity contribution in [2.45, 2.75) is 39.5 Å². The number of fused-ring (bicyclic) bond motifs is 1. The molecule has 2 heterocycles. The molecule has 0 spiro atoms. The number of para-hydroxylation sites is 2. The van der Waals surface area contributed by atoms with Crippen LogP contribution in [0, 0.1) is 0 Å². The van der Waals surface area contributed by atoms with Crippen molar-refractivity contribution in [3.05, 3.63) is 53.2 Å². The first-order valence-electron chi connectivity index (χ1n) is 11.9. The second kappa shape index (κ2) is 11.3. The van der Waals surface area contributed by atoms with Crippen LogP contribution in [0.25, 0.3) is 0 Å². The summed E-state index contributed by atoms with van der Waals surface area (Å²) in [5.41, 5.74) is 3.80. The van der Waals surface area contributed by atoms with E-state index in [0.29, 0.717) is 59.0 Å². The van der Waals surface area contributed by atoms with Crippen LogP contribution in [0.1, 0.15) is 38.7 Å². The third-order valence-electron chi connectivity index (χ3n) is 5.93. The van der Waals surface area contributed by atoms with Gasteiger partial charge in [0, 0.05) is 24.9 Å². The SMILES string of the molecule is CCC(=O)Nc1ccccc1Nc1nc(Nc2ccc3c(c2OC)CCCC(=O)N3CC)ncc1Cl. The molecule has 9 nitrogen and oxygen atoms in total. The number of benzene rings is 2. The van der Waals surface area contributed by atoms with Gasteiger partial charge in [-0.25, -0.2) is 4.98 Å². The minimum absolute atomic E-state index is 0.0981. The zero-order valence-electron chi connectivity index (χ0n) is 20.5. The number of carbonyl (C=O) groups is 2. The normalized spacial score (nSPS) is 13.0. The Bertz CT molecular complexity index is 1280. The molecule has 0 radical (unpaired) electrons. The Hall–Kier alpha value is -3.85. The van der Waals surface area contributed by atoms with E-state index < -0.39 is 0 Å². The number of methoxy groups -OCH3 is 1. The van der Waals surface area contributed by atoms with Gasteiger partial charge in [-0.3, -0.25) is 9.59 Å². The lowest BCUT2D eigenvalue weighted by Gasteiger charge is -2.24. The Balaban J connectivity index is 1.64. The summed E-state index contributed by atoms with van der Waals surface area (Å²) >= 11 is 6.39. The standard InChI is InChI=1S/C26H29ClN6O3/c1-4-22(34)29-18-10-6-7-11-19(18)30-25-17(27)15-28-26(32-25)31-20-13-14-21-16(24(20)36-3)9-8-12-23(35)33(21)5-2/h6-7,10-11,13-15H,4-5,8-9,12H2,1-3H3,(H,29,34)(H2,28,30,31,32). The average Bonchev–Trinajstić information content (AvgIpc) is 3.04. The molecule has 1 aliphatic rings. The maximum atomic E-state index is 12.5. The molecule has 2 aromatic carbocycles. The van der Waals surface area contributed by atoms with Crippen molar-refractivity contribution in [2.75, 3.05) is 34.5 Å². The first kappa shape index (κ1) is 25.2. The van der Waals surface area contributed by atoms with Gasteiger partial charge in [0.1, 0.15) is 10.8 Å². The van der Waals surface area contributed by atoms with Crippen LogP contribution in [-0.2, 0) is 16.0 Å². The number of ether oxygens (including phenoxy) is 1. The average molecular weight is 509 g/mol. The van der Waals surface area contributed by atoms with Gasteiger partial charge in [-0.15, -0.1) is 0 Å². The van der Waals surface area contributed by atoms with Gasteiger partial charge in [-0.05, 0) is 44.0 Å². The molecule has 36 heavy (non-hydrogen) atoms. The van der Waals surface area contributed by atoms with Crippen molar-refractivity contribution < 1.29 is 14.3 Å². The summed E-state index contributed by atoms with van der Waals surface area (Å²) < 4.78 is 5.77. The quantitative estimate of drug-likeness (QED) is 0.360. The number of amides is 2. The summed E-state index contributed by atoms with van der Waals surface area (Å²) in [6.07, 6.45) is 3.85. The van der Waals surface area contributed by atoms with Crippen LogP contribution < -0.4 is 25.6 Å². The van der Waals surface area contributed by atoms with E-state index >= 15 is 0 Å². The van der Waals surface area contributed by atoms with Crippen LogP contribution in [0.2, 0.25) is 5.02 Å². The smallest absolute Gasteiger partial charge is 0.229 e. The second-order valence-electron chi connectivity index (χ2n) is 8.22. The highest BCUT2D eigenvalue weighted by Crippen LogP contribution is 2.40. The molecule has 188 valence electrons. The number of carbonyl (C=O) groups excluding carboxylic acids is 2. The molecular formula is C26H29ClN6O3. The van der Waals surface area contributed by atoms with Gasteiger partial charge in [0.25, 0.3) is 0 Å². The molecule has 0 unspecified atom stereocenters. The molecule has 1 aliphatic heterocycles. The van der Waals surface area contributed by atoms with E-state index in [2.05, 4.69) is 25.9 Å².